The molecule has 0 aliphatic carbocycles. The van der Waals surface area contributed by atoms with Gasteiger partial charge in [0.05, 0.1) is 6.54 Å². The SMILES string of the molecule is CCC(NC(=O)C(CCCN=C(N)N)NC(=O)C1CCCN1C(=O)C(CCCN=C(N)N)NC(=O)CNC(C)=O)C(=O)NC(Cc1ccc(O)cc1)C(=O)NC(CN)C(=O)NC(CC(C)C)C(N)=O. The van der Waals surface area contributed by atoms with Crippen molar-refractivity contribution in [1.82, 2.24) is 42.1 Å². The maximum Gasteiger partial charge on any atom is 0.245 e. The lowest BCUT2D eigenvalue weighted by atomic mass is 10.0. The summed E-state index contributed by atoms with van der Waals surface area (Å²) in [5.74, 6) is -6.84. The van der Waals surface area contributed by atoms with E-state index in [1.807, 2.05) is 13.8 Å². The van der Waals surface area contributed by atoms with E-state index < -0.39 is 102 Å². The van der Waals surface area contributed by atoms with Crippen LogP contribution in [0.4, 0.5) is 0 Å². The van der Waals surface area contributed by atoms with Gasteiger partial charge in [0.15, 0.2) is 11.9 Å². The molecule has 1 aromatic rings. The van der Waals surface area contributed by atoms with Gasteiger partial charge in [-0.1, -0.05) is 32.9 Å². The van der Waals surface area contributed by atoms with Crippen LogP contribution in [0, 0.1) is 5.92 Å². The summed E-state index contributed by atoms with van der Waals surface area (Å²) in [4.78, 5) is 129. The van der Waals surface area contributed by atoms with Crippen LogP contribution in [0.3, 0.4) is 0 Å². The summed E-state index contributed by atoms with van der Waals surface area (Å²) < 4.78 is 0. The first-order chi connectivity index (χ1) is 32.6. The number of phenols is 1. The molecule has 69 heavy (non-hydrogen) atoms. The normalized spacial score (nSPS) is 15.7. The van der Waals surface area contributed by atoms with Crippen LogP contribution in [-0.2, 0) is 49.6 Å². The average Bonchev–Trinajstić information content (AvgIpc) is 3.78. The molecule has 0 radical (unpaired) electrons. The first kappa shape index (κ1) is 57.9. The molecule has 0 spiro atoms. The number of phenolic OH excluding ortho intramolecular Hbond substituents is 1. The molecule has 0 aromatic heterocycles. The van der Waals surface area contributed by atoms with E-state index in [0.717, 1.165) is 0 Å². The Morgan fingerprint density at radius 2 is 1.23 bits per heavy atom. The second kappa shape index (κ2) is 29.5. The van der Waals surface area contributed by atoms with Gasteiger partial charge in [-0.15, -0.1) is 0 Å². The number of hydrogen-bond donors (Lipinski definition) is 14. The summed E-state index contributed by atoms with van der Waals surface area (Å²) in [7, 11) is 0. The van der Waals surface area contributed by atoms with Gasteiger partial charge in [-0.2, -0.15) is 0 Å². The highest BCUT2D eigenvalue weighted by atomic mass is 16.3. The van der Waals surface area contributed by atoms with Crippen LogP contribution in [0.25, 0.3) is 0 Å². The van der Waals surface area contributed by atoms with Crippen LogP contribution >= 0.6 is 0 Å². The Kier molecular flexibility index (Phi) is 24.7. The number of carbonyl (C=O) groups is 9. The molecule has 26 nitrogen and oxygen atoms in total. The third-order valence-electron chi connectivity index (χ3n) is 10.8. The molecular formula is C43H72N16O10. The number of likely N-dealkylation sites (tertiary alicyclic amines) is 1. The molecule has 9 amide bonds. The van der Waals surface area contributed by atoms with E-state index >= 15 is 0 Å². The summed E-state index contributed by atoms with van der Waals surface area (Å²) in [6, 6.07) is -2.74. The summed E-state index contributed by atoms with van der Waals surface area (Å²) in [6.07, 6.45) is 1.22. The number of aromatic hydroxyl groups is 1. The number of amides is 9. The van der Waals surface area contributed by atoms with Gasteiger partial charge in [0.2, 0.25) is 53.2 Å². The van der Waals surface area contributed by atoms with E-state index in [2.05, 4.69) is 47.2 Å². The maximum atomic E-state index is 14.1. The minimum absolute atomic E-state index is 0.00110. The zero-order chi connectivity index (χ0) is 51.8. The molecule has 26 heteroatoms. The smallest absolute Gasteiger partial charge is 0.245 e. The van der Waals surface area contributed by atoms with Crippen LogP contribution in [0.15, 0.2) is 34.3 Å². The molecule has 0 bridgehead atoms. The zero-order valence-corrected chi connectivity index (χ0v) is 39.8. The van der Waals surface area contributed by atoms with Gasteiger partial charge in [0.25, 0.3) is 0 Å². The lowest BCUT2D eigenvalue weighted by molar-refractivity contribution is -0.142. The van der Waals surface area contributed by atoms with Crippen LogP contribution in [0.5, 0.6) is 5.75 Å². The van der Waals surface area contributed by atoms with Gasteiger partial charge in [0.1, 0.15) is 48.0 Å². The fourth-order valence-electron chi connectivity index (χ4n) is 7.22. The highest BCUT2D eigenvalue weighted by Gasteiger charge is 2.39. The van der Waals surface area contributed by atoms with Crippen molar-refractivity contribution < 1.29 is 48.3 Å². The Balaban J connectivity index is 2.36. The van der Waals surface area contributed by atoms with Gasteiger partial charge in [-0.05, 0) is 75.0 Å². The Morgan fingerprint density at radius 3 is 1.77 bits per heavy atom. The van der Waals surface area contributed by atoms with Gasteiger partial charge in [0, 0.05) is 39.5 Å². The second-order valence-corrected chi connectivity index (χ2v) is 17.0. The Bertz CT molecular complexity index is 1990. The fraction of sp³-hybridized carbons (Fsp3) is 0.605. The van der Waals surface area contributed by atoms with Gasteiger partial charge < -0.3 is 81.6 Å². The first-order valence-corrected chi connectivity index (χ1v) is 22.8. The number of benzene rings is 1. The molecule has 1 aliphatic heterocycles. The Labute approximate surface area is 401 Å². The molecule has 7 unspecified atom stereocenters. The van der Waals surface area contributed by atoms with Crippen molar-refractivity contribution >= 4 is 65.1 Å². The fourth-order valence-corrected chi connectivity index (χ4v) is 7.22. The number of nitrogens with one attached hydrogen (secondary N) is 7. The number of nitrogens with two attached hydrogens (primary N) is 6. The van der Waals surface area contributed by atoms with Crippen LogP contribution in [-0.4, -0.2) is 150 Å². The van der Waals surface area contributed by atoms with Crippen molar-refractivity contribution in [2.45, 2.75) is 128 Å². The molecule has 20 N–H and O–H groups in total. The van der Waals surface area contributed by atoms with Crippen molar-refractivity contribution in [2.75, 3.05) is 32.7 Å². The van der Waals surface area contributed by atoms with E-state index in [1.165, 1.54) is 36.1 Å². The van der Waals surface area contributed by atoms with Crippen molar-refractivity contribution in [3.05, 3.63) is 29.8 Å². The van der Waals surface area contributed by atoms with Crippen molar-refractivity contribution in [2.24, 2.45) is 50.3 Å². The molecule has 1 heterocycles. The Morgan fingerprint density at radius 1 is 0.710 bits per heavy atom. The number of hydrogen-bond acceptors (Lipinski definition) is 13. The van der Waals surface area contributed by atoms with Crippen LogP contribution < -0.4 is 71.6 Å². The lowest BCUT2D eigenvalue weighted by Crippen LogP contribution is -2.61. The molecule has 0 saturated carbocycles. The Hall–Kier alpha value is -7.25. The minimum atomic E-state index is -1.37. The molecule has 1 fully saturated rings. The first-order valence-electron chi connectivity index (χ1n) is 22.8. The van der Waals surface area contributed by atoms with E-state index in [4.69, 9.17) is 34.4 Å². The quantitative estimate of drug-likeness (QED) is 0.0203. The largest absolute Gasteiger partial charge is 0.508 e. The molecule has 1 saturated heterocycles. The average molecular weight is 973 g/mol. The number of aliphatic imine (C=N–C) groups is 2. The second-order valence-electron chi connectivity index (χ2n) is 17.0. The van der Waals surface area contributed by atoms with E-state index in [9.17, 15) is 48.3 Å². The predicted molar refractivity (Wildman–Crippen MR) is 255 cm³/mol. The molecule has 2 rings (SSSR count). The molecule has 7 atom stereocenters. The highest BCUT2D eigenvalue weighted by molar-refractivity contribution is 5.98. The predicted octanol–water partition coefficient (Wildman–Crippen LogP) is -5.02. The van der Waals surface area contributed by atoms with E-state index in [-0.39, 0.29) is 101 Å². The number of primary amides is 1. The highest BCUT2D eigenvalue weighted by Crippen LogP contribution is 2.21. The summed E-state index contributed by atoms with van der Waals surface area (Å²) in [5, 5.41) is 27.9. The summed E-state index contributed by atoms with van der Waals surface area (Å²) >= 11 is 0. The molecular weight excluding hydrogens is 901 g/mol. The molecule has 1 aromatic carbocycles. The standard InChI is InChI=1S/C43H72N16O10/c1-5-27(36(64)57-31(20-25-12-14-26(61)15-13-25)38(66)58-32(21-44)39(67)56-30(35(45)63)19-23(2)3)54-37(65)28(9-6-16-50-42(46)47)55-40(68)33-11-8-18-59(33)41(69)29(10-7-17-51-43(48)49)53-34(62)22-52-24(4)60/h12-15,23,27-33,61H,5-11,16-22,44H2,1-4H3,(H2,45,63)(H,52,60)(H,53,62)(H,54,65)(H,55,68)(H,56,67)(H,57,64)(H,58,66)(H4,46,47,50)(H4,48,49,51). The van der Waals surface area contributed by atoms with Crippen molar-refractivity contribution in [3.8, 4) is 5.75 Å². The summed E-state index contributed by atoms with van der Waals surface area (Å²) in [5.41, 5.74) is 33.7. The van der Waals surface area contributed by atoms with Crippen molar-refractivity contribution in [1.29, 1.82) is 0 Å². The molecule has 1 aliphatic rings. The van der Waals surface area contributed by atoms with E-state index in [1.54, 1.807) is 6.92 Å². The van der Waals surface area contributed by atoms with Crippen molar-refractivity contribution in [3.63, 3.8) is 0 Å². The lowest BCUT2D eigenvalue weighted by Gasteiger charge is -2.30. The topological polar surface area (TPSA) is 442 Å². The van der Waals surface area contributed by atoms with E-state index in [0.29, 0.717) is 12.0 Å². The number of guanidine groups is 2. The van der Waals surface area contributed by atoms with Crippen LogP contribution in [0.1, 0.15) is 84.6 Å². The zero-order valence-electron chi connectivity index (χ0n) is 39.8. The van der Waals surface area contributed by atoms with Crippen LogP contribution in [0.2, 0.25) is 0 Å². The number of nitrogens with zero attached hydrogens (tertiary/aromatic N) is 3. The molecule has 384 valence electrons. The van der Waals surface area contributed by atoms with Gasteiger partial charge in [-0.3, -0.25) is 53.1 Å². The van der Waals surface area contributed by atoms with Gasteiger partial charge >= 0.3 is 0 Å². The third kappa shape index (κ3) is 21.1. The van der Waals surface area contributed by atoms with Gasteiger partial charge in [-0.25, -0.2) is 0 Å². The monoisotopic (exact) mass is 973 g/mol. The minimum Gasteiger partial charge on any atom is -0.508 e. The number of carbonyl (C=O) groups excluding carboxylic acids is 9. The number of rotatable bonds is 29. The maximum absolute atomic E-state index is 14.1. The third-order valence-corrected chi connectivity index (χ3v) is 10.8. The summed E-state index contributed by atoms with van der Waals surface area (Å²) in [6.45, 7) is 6.05.